The molecule has 0 fully saturated rings. The van der Waals surface area contributed by atoms with Crippen LogP contribution in [0, 0.1) is 5.82 Å². The van der Waals surface area contributed by atoms with Gasteiger partial charge in [0.1, 0.15) is 12.2 Å². The molecule has 0 aliphatic heterocycles. The number of anilines is 1. The van der Waals surface area contributed by atoms with Crippen LogP contribution in [0.4, 0.5) is 10.1 Å². The summed E-state index contributed by atoms with van der Waals surface area (Å²) in [5.41, 5.74) is 1.41. The predicted molar refractivity (Wildman–Crippen MR) is 95.9 cm³/mol. The van der Waals surface area contributed by atoms with E-state index in [1.807, 2.05) is 0 Å². The lowest BCUT2D eigenvalue weighted by atomic mass is 10.1. The average molecular weight is 360 g/mol. The van der Waals surface area contributed by atoms with E-state index in [0.717, 1.165) is 5.56 Å². The zero-order chi connectivity index (χ0) is 18.9. The average Bonchev–Trinajstić information content (AvgIpc) is 2.63. The van der Waals surface area contributed by atoms with Crippen molar-refractivity contribution in [2.75, 3.05) is 26.1 Å². The minimum Gasteiger partial charge on any atom is -0.493 e. The van der Waals surface area contributed by atoms with Gasteiger partial charge in [-0.15, -0.1) is 0 Å². The molecule has 0 saturated heterocycles. The van der Waals surface area contributed by atoms with Crippen molar-refractivity contribution in [3.05, 3.63) is 53.8 Å². The summed E-state index contributed by atoms with van der Waals surface area (Å²) >= 11 is 0. The Morgan fingerprint density at radius 3 is 2.31 bits per heavy atom. The van der Waals surface area contributed by atoms with Crippen LogP contribution in [0.25, 0.3) is 0 Å². The van der Waals surface area contributed by atoms with Gasteiger partial charge in [-0.1, -0.05) is 12.1 Å². The van der Waals surface area contributed by atoms with E-state index in [4.69, 9.17) is 9.47 Å². The lowest BCUT2D eigenvalue weighted by Crippen LogP contribution is -2.29. The predicted octanol–water partition coefficient (Wildman–Crippen LogP) is 2.53. The molecule has 2 aromatic rings. The first-order valence-corrected chi connectivity index (χ1v) is 8.05. The molecule has 26 heavy (non-hydrogen) atoms. The van der Waals surface area contributed by atoms with Crippen molar-refractivity contribution in [3.8, 4) is 11.5 Å². The summed E-state index contributed by atoms with van der Waals surface area (Å²) in [5, 5.41) is 5.30. The first kappa shape index (κ1) is 19.2. The topological polar surface area (TPSA) is 76.7 Å². The van der Waals surface area contributed by atoms with Gasteiger partial charge in [-0.3, -0.25) is 9.59 Å². The number of amides is 2. The molecule has 0 aliphatic carbocycles. The maximum absolute atomic E-state index is 12.8. The Hall–Kier alpha value is -3.09. The lowest BCUT2D eigenvalue weighted by Gasteiger charge is -2.10. The third kappa shape index (κ3) is 5.77. The van der Waals surface area contributed by atoms with Gasteiger partial charge in [0.05, 0.1) is 14.2 Å². The van der Waals surface area contributed by atoms with Crippen LogP contribution in [0.5, 0.6) is 11.5 Å². The van der Waals surface area contributed by atoms with Gasteiger partial charge < -0.3 is 20.1 Å². The Labute approximate surface area is 151 Å². The van der Waals surface area contributed by atoms with Crippen LogP contribution in [-0.2, 0) is 16.0 Å². The van der Waals surface area contributed by atoms with Crippen LogP contribution in [0.3, 0.4) is 0 Å². The van der Waals surface area contributed by atoms with Gasteiger partial charge >= 0.3 is 0 Å². The molecular weight excluding hydrogens is 339 g/mol. The van der Waals surface area contributed by atoms with Gasteiger partial charge in [0, 0.05) is 18.3 Å². The first-order valence-electron chi connectivity index (χ1n) is 8.05. The number of hydrogen-bond donors (Lipinski definition) is 2. The Morgan fingerprint density at radius 1 is 0.962 bits per heavy atom. The number of hydrogen-bond acceptors (Lipinski definition) is 4. The molecule has 0 saturated carbocycles. The molecule has 0 bridgehead atoms. The van der Waals surface area contributed by atoms with Crippen molar-refractivity contribution in [2.24, 2.45) is 0 Å². The monoisotopic (exact) mass is 360 g/mol. The molecule has 2 N–H and O–H groups in total. The number of rotatable bonds is 8. The van der Waals surface area contributed by atoms with E-state index >= 15 is 0 Å². The van der Waals surface area contributed by atoms with E-state index in [1.165, 1.54) is 26.4 Å². The van der Waals surface area contributed by atoms with Crippen molar-refractivity contribution >= 4 is 17.5 Å². The number of halogens is 1. The molecule has 0 aromatic heterocycles. The standard InChI is InChI=1S/C19H21FN2O4/c1-25-16-8-7-15(11-17(16)26-2)22-19(24)12-18(23)21-10-9-13-3-5-14(20)6-4-13/h3-8,11H,9-10,12H2,1-2H3,(H,21,23)(H,22,24). The zero-order valence-electron chi connectivity index (χ0n) is 14.7. The first-order chi connectivity index (χ1) is 12.5. The highest BCUT2D eigenvalue weighted by molar-refractivity contribution is 6.03. The molecule has 0 radical (unpaired) electrons. The molecule has 0 atom stereocenters. The highest BCUT2D eigenvalue weighted by Crippen LogP contribution is 2.29. The van der Waals surface area contributed by atoms with E-state index < -0.39 is 5.91 Å². The minimum atomic E-state index is -0.434. The fourth-order valence-corrected chi connectivity index (χ4v) is 2.32. The van der Waals surface area contributed by atoms with E-state index in [-0.39, 0.29) is 18.1 Å². The second kappa shape index (κ2) is 9.41. The van der Waals surface area contributed by atoms with Crippen molar-refractivity contribution in [1.29, 1.82) is 0 Å². The third-order valence-electron chi connectivity index (χ3n) is 3.64. The van der Waals surface area contributed by atoms with Crippen molar-refractivity contribution in [3.63, 3.8) is 0 Å². The van der Waals surface area contributed by atoms with Gasteiger partial charge in [0.25, 0.3) is 0 Å². The van der Waals surface area contributed by atoms with Crippen LogP contribution >= 0.6 is 0 Å². The molecule has 2 rings (SSSR count). The molecule has 138 valence electrons. The smallest absolute Gasteiger partial charge is 0.233 e. The van der Waals surface area contributed by atoms with Crippen LogP contribution in [0.1, 0.15) is 12.0 Å². The number of carbonyl (C=O) groups is 2. The Balaban J connectivity index is 1.78. The fourth-order valence-electron chi connectivity index (χ4n) is 2.32. The summed E-state index contributed by atoms with van der Waals surface area (Å²) < 4.78 is 23.1. The van der Waals surface area contributed by atoms with Crippen molar-refractivity contribution < 1.29 is 23.5 Å². The summed E-state index contributed by atoms with van der Waals surface area (Å²) in [6.07, 6.45) is 0.265. The molecule has 2 aromatic carbocycles. The van der Waals surface area contributed by atoms with Gasteiger partial charge in [0.2, 0.25) is 11.8 Å². The second-order valence-corrected chi connectivity index (χ2v) is 5.52. The highest BCUT2D eigenvalue weighted by Gasteiger charge is 2.11. The van der Waals surface area contributed by atoms with E-state index in [1.54, 1.807) is 30.3 Å². The number of carbonyl (C=O) groups excluding carboxylic acids is 2. The van der Waals surface area contributed by atoms with Gasteiger partial charge in [-0.25, -0.2) is 4.39 Å². The summed E-state index contributed by atoms with van der Waals surface area (Å²) in [6.45, 7) is 0.369. The maximum Gasteiger partial charge on any atom is 0.233 e. The molecule has 0 spiro atoms. The molecule has 0 heterocycles. The Kier molecular flexibility index (Phi) is 6.96. The quantitative estimate of drug-likeness (QED) is 0.710. The van der Waals surface area contributed by atoms with Crippen LogP contribution in [0.2, 0.25) is 0 Å². The normalized spacial score (nSPS) is 10.1. The van der Waals surface area contributed by atoms with Crippen molar-refractivity contribution in [2.45, 2.75) is 12.8 Å². The van der Waals surface area contributed by atoms with Gasteiger partial charge in [0.15, 0.2) is 11.5 Å². The molecule has 7 heteroatoms. The number of ether oxygens (including phenoxy) is 2. The molecule has 0 unspecified atom stereocenters. The maximum atomic E-state index is 12.8. The zero-order valence-corrected chi connectivity index (χ0v) is 14.7. The number of nitrogens with one attached hydrogen (secondary N) is 2. The molecule has 6 nitrogen and oxygen atoms in total. The van der Waals surface area contributed by atoms with E-state index in [2.05, 4.69) is 10.6 Å². The van der Waals surface area contributed by atoms with Crippen molar-refractivity contribution in [1.82, 2.24) is 5.32 Å². The van der Waals surface area contributed by atoms with Crippen LogP contribution in [-0.4, -0.2) is 32.6 Å². The van der Waals surface area contributed by atoms with Gasteiger partial charge in [-0.05, 0) is 36.2 Å². The number of methoxy groups -OCH3 is 2. The third-order valence-corrected chi connectivity index (χ3v) is 3.64. The summed E-state index contributed by atoms with van der Waals surface area (Å²) in [4.78, 5) is 23.8. The number of benzene rings is 2. The SMILES string of the molecule is COc1ccc(NC(=O)CC(=O)NCCc2ccc(F)cc2)cc1OC. The lowest BCUT2D eigenvalue weighted by molar-refractivity contribution is -0.126. The van der Waals surface area contributed by atoms with Gasteiger partial charge in [-0.2, -0.15) is 0 Å². The largest absolute Gasteiger partial charge is 0.493 e. The molecular formula is C19H21FN2O4. The second-order valence-electron chi connectivity index (χ2n) is 5.52. The molecule has 0 aliphatic rings. The van der Waals surface area contributed by atoms with E-state index in [9.17, 15) is 14.0 Å². The Bertz CT molecular complexity index is 763. The van der Waals surface area contributed by atoms with Crippen LogP contribution in [0.15, 0.2) is 42.5 Å². The Morgan fingerprint density at radius 2 is 1.65 bits per heavy atom. The van der Waals surface area contributed by atoms with E-state index in [0.29, 0.717) is 30.2 Å². The fraction of sp³-hybridized carbons (Fsp3) is 0.263. The summed E-state index contributed by atoms with van der Waals surface area (Å²) in [5.74, 6) is -0.0932. The highest BCUT2D eigenvalue weighted by atomic mass is 19.1. The van der Waals surface area contributed by atoms with Crippen LogP contribution < -0.4 is 20.1 Å². The molecule has 2 amide bonds. The minimum absolute atomic E-state index is 0.294. The summed E-state index contributed by atoms with van der Waals surface area (Å²) in [7, 11) is 3.02. The summed E-state index contributed by atoms with van der Waals surface area (Å²) in [6, 6.07) is 11.0.